The van der Waals surface area contributed by atoms with Gasteiger partial charge in [0.25, 0.3) is 0 Å². The van der Waals surface area contributed by atoms with Crippen molar-refractivity contribution in [2.24, 2.45) is 0 Å². The Kier molecular flexibility index (Phi) is 3.42. The van der Waals surface area contributed by atoms with Crippen LogP contribution in [-0.2, 0) is 6.42 Å². The standard InChI is InChI=1S/C9H7F4S/c1-2-6-3-4-7(10)8(5-6)14-9(11,12)13/h3-5H,1-2H2. The first-order valence-electron chi connectivity index (χ1n) is 3.76. The number of benzene rings is 1. The second-order valence-corrected chi connectivity index (χ2v) is 3.67. The van der Waals surface area contributed by atoms with Crippen molar-refractivity contribution in [2.75, 3.05) is 0 Å². The van der Waals surface area contributed by atoms with Gasteiger partial charge in [0.15, 0.2) is 0 Å². The Morgan fingerprint density at radius 2 is 1.93 bits per heavy atom. The largest absolute Gasteiger partial charge is 0.446 e. The molecule has 1 aromatic carbocycles. The van der Waals surface area contributed by atoms with E-state index >= 15 is 0 Å². The maximum atomic E-state index is 12.9. The van der Waals surface area contributed by atoms with Crippen LogP contribution in [-0.4, -0.2) is 5.51 Å². The molecule has 1 radical (unpaired) electrons. The lowest BCUT2D eigenvalue weighted by molar-refractivity contribution is -0.0329. The number of rotatable bonds is 2. The molecule has 0 aliphatic rings. The van der Waals surface area contributed by atoms with E-state index < -0.39 is 28.0 Å². The van der Waals surface area contributed by atoms with Crippen LogP contribution in [0.15, 0.2) is 23.1 Å². The van der Waals surface area contributed by atoms with Crippen molar-refractivity contribution >= 4 is 11.8 Å². The molecule has 0 saturated carbocycles. The van der Waals surface area contributed by atoms with E-state index in [4.69, 9.17) is 0 Å². The van der Waals surface area contributed by atoms with Crippen molar-refractivity contribution in [1.29, 1.82) is 0 Å². The van der Waals surface area contributed by atoms with Gasteiger partial charge in [-0.15, -0.1) is 0 Å². The molecular weight excluding hydrogens is 216 g/mol. The quantitative estimate of drug-likeness (QED) is 0.542. The zero-order valence-electron chi connectivity index (χ0n) is 7.07. The summed E-state index contributed by atoms with van der Waals surface area (Å²) >= 11 is -0.446. The van der Waals surface area contributed by atoms with Gasteiger partial charge in [0.1, 0.15) is 5.82 Å². The third-order valence-electron chi connectivity index (χ3n) is 1.51. The Balaban J connectivity index is 2.95. The third kappa shape index (κ3) is 3.21. The normalized spacial score (nSPS) is 11.8. The van der Waals surface area contributed by atoms with Crippen LogP contribution in [0.25, 0.3) is 0 Å². The molecule has 0 heterocycles. The number of thioether (sulfide) groups is 1. The maximum absolute atomic E-state index is 12.9. The van der Waals surface area contributed by atoms with Crippen molar-refractivity contribution in [3.05, 3.63) is 36.5 Å². The van der Waals surface area contributed by atoms with Gasteiger partial charge in [0, 0.05) is 0 Å². The average Bonchev–Trinajstić information content (AvgIpc) is 2.06. The average molecular weight is 223 g/mol. The van der Waals surface area contributed by atoms with Gasteiger partial charge in [-0.3, -0.25) is 0 Å². The van der Waals surface area contributed by atoms with Gasteiger partial charge in [-0.1, -0.05) is 6.07 Å². The van der Waals surface area contributed by atoms with Crippen LogP contribution in [0.2, 0.25) is 0 Å². The summed E-state index contributed by atoms with van der Waals surface area (Å²) in [6.45, 7) is 3.51. The molecule has 5 heteroatoms. The van der Waals surface area contributed by atoms with Gasteiger partial charge in [-0.2, -0.15) is 13.2 Å². The van der Waals surface area contributed by atoms with Crippen LogP contribution in [0.3, 0.4) is 0 Å². The Morgan fingerprint density at radius 3 is 2.43 bits per heavy atom. The maximum Gasteiger partial charge on any atom is 0.446 e. The fraction of sp³-hybridized carbons (Fsp3) is 0.222. The second kappa shape index (κ2) is 4.21. The number of hydrogen-bond acceptors (Lipinski definition) is 1. The lowest BCUT2D eigenvalue weighted by Gasteiger charge is -2.07. The monoisotopic (exact) mass is 223 g/mol. The highest BCUT2D eigenvalue weighted by Crippen LogP contribution is 2.38. The molecule has 14 heavy (non-hydrogen) atoms. The molecule has 0 saturated heterocycles. The van der Waals surface area contributed by atoms with Gasteiger partial charge >= 0.3 is 5.51 Å². The summed E-state index contributed by atoms with van der Waals surface area (Å²) in [6.07, 6.45) is 0.339. The van der Waals surface area contributed by atoms with Gasteiger partial charge in [0.2, 0.25) is 0 Å². The molecule has 1 aromatic rings. The molecule has 0 N–H and O–H groups in total. The molecule has 1 rings (SSSR count). The van der Waals surface area contributed by atoms with E-state index in [9.17, 15) is 17.6 Å². The predicted molar refractivity (Wildman–Crippen MR) is 47.4 cm³/mol. The van der Waals surface area contributed by atoms with Crippen LogP contribution < -0.4 is 0 Å². The predicted octanol–water partition coefficient (Wildman–Crippen LogP) is 3.81. The second-order valence-electron chi connectivity index (χ2n) is 2.56. The highest BCUT2D eigenvalue weighted by atomic mass is 32.2. The molecule has 0 aliphatic heterocycles. The number of hydrogen-bond donors (Lipinski definition) is 0. The van der Waals surface area contributed by atoms with Crippen molar-refractivity contribution in [2.45, 2.75) is 16.8 Å². The fourth-order valence-electron chi connectivity index (χ4n) is 0.906. The SMILES string of the molecule is [CH2]Cc1ccc(F)c(SC(F)(F)F)c1. The van der Waals surface area contributed by atoms with Crippen LogP contribution in [0.1, 0.15) is 5.56 Å². The van der Waals surface area contributed by atoms with E-state index in [2.05, 4.69) is 6.92 Å². The van der Waals surface area contributed by atoms with Gasteiger partial charge in [0.05, 0.1) is 4.90 Å². The summed E-state index contributed by atoms with van der Waals surface area (Å²) in [5, 5.41) is 0. The van der Waals surface area contributed by atoms with Crippen LogP contribution in [0, 0.1) is 12.7 Å². The van der Waals surface area contributed by atoms with Crippen molar-refractivity contribution in [3.63, 3.8) is 0 Å². The minimum atomic E-state index is -4.46. The molecule has 0 bridgehead atoms. The number of halogens is 4. The molecular formula is C9H7F4S. The first-order valence-corrected chi connectivity index (χ1v) is 4.57. The first kappa shape index (κ1) is 11.4. The van der Waals surface area contributed by atoms with E-state index in [1.54, 1.807) is 0 Å². The van der Waals surface area contributed by atoms with E-state index in [0.29, 0.717) is 12.0 Å². The minimum Gasteiger partial charge on any atom is -0.206 e. The molecule has 0 atom stereocenters. The summed E-state index contributed by atoms with van der Waals surface area (Å²) in [4.78, 5) is -0.404. The summed E-state index contributed by atoms with van der Waals surface area (Å²) in [5.41, 5.74) is -3.88. The van der Waals surface area contributed by atoms with Crippen LogP contribution in [0.4, 0.5) is 17.6 Å². The summed E-state index contributed by atoms with van der Waals surface area (Å²) in [7, 11) is 0. The molecule has 0 aromatic heterocycles. The highest BCUT2D eigenvalue weighted by Gasteiger charge is 2.30. The Bertz CT molecular complexity index is 319. The molecule has 0 spiro atoms. The molecule has 0 fully saturated rings. The topological polar surface area (TPSA) is 0 Å². The molecule has 0 amide bonds. The smallest absolute Gasteiger partial charge is 0.206 e. The zero-order valence-corrected chi connectivity index (χ0v) is 7.88. The summed E-state index contributed by atoms with van der Waals surface area (Å²) in [5.74, 6) is -0.857. The van der Waals surface area contributed by atoms with Crippen molar-refractivity contribution in [1.82, 2.24) is 0 Å². The van der Waals surface area contributed by atoms with Gasteiger partial charge in [-0.25, -0.2) is 4.39 Å². The Hall–Kier alpha value is -0.710. The zero-order chi connectivity index (χ0) is 10.8. The Morgan fingerprint density at radius 1 is 1.29 bits per heavy atom. The van der Waals surface area contributed by atoms with E-state index in [-0.39, 0.29) is 0 Å². The van der Waals surface area contributed by atoms with Gasteiger partial charge < -0.3 is 0 Å². The van der Waals surface area contributed by atoms with Crippen molar-refractivity contribution < 1.29 is 17.6 Å². The van der Waals surface area contributed by atoms with Gasteiger partial charge in [-0.05, 0) is 42.8 Å². The first-order chi connectivity index (χ1) is 6.42. The third-order valence-corrected chi connectivity index (χ3v) is 2.27. The molecule has 77 valence electrons. The van der Waals surface area contributed by atoms with E-state index in [0.717, 1.165) is 6.07 Å². The fourth-order valence-corrected chi connectivity index (χ4v) is 1.53. The highest BCUT2D eigenvalue weighted by molar-refractivity contribution is 8.00. The minimum absolute atomic E-state index is 0.339. The number of alkyl halides is 3. The van der Waals surface area contributed by atoms with E-state index in [1.165, 1.54) is 12.1 Å². The molecule has 0 unspecified atom stereocenters. The van der Waals surface area contributed by atoms with E-state index in [1.807, 2.05) is 0 Å². The lowest BCUT2D eigenvalue weighted by Crippen LogP contribution is -2.00. The molecule has 0 aliphatic carbocycles. The van der Waals surface area contributed by atoms with Crippen LogP contribution >= 0.6 is 11.8 Å². The summed E-state index contributed by atoms with van der Waals surface area (Å²) < 4.78 is 48.7. The Labute approximate surface area is 83.3 Å². The van der Waals surface area contributed by atoms with Crippen molar-refractivity contribution in [3.8, 4) is 0 Å². The molecule has 0 nitrogen and oxygen atoms in total. The van der Waals surface area contributed by atoms with Crippen LogP contribution in [0.5, 0.6) is 0 Å². The summed E-state index contributed by atoms with van der Waals surface area (Å²) in [6, 6.07) is 3.61. The lowest BCUT2D eigenvalue weighted by atomic mass is 10.2.